The summed E-state index contributed by atoms with van der Waals surface area (Å²) in [5.41, 5.74) is 2.54. The van der Waals surface area contributed by atoms with Crippen molar-refractivity contribution in [3.8, 4) is 0 Å². The lowest BCUT2D eigenvalue weighted by Crippen LogP contribution is -2.50. The number of likely N-dealkylation sites (tertiary alicyclic amines) is 1. The van der Waals surface area contributed by atoms with Crippen molar-refractivity contribution in [3.05, 3.63) is 29.8 Å². The van der Waals surface area contributed by atoms with Crippen LogP contribution >= 0.6 is 0 Å². The van der Waals surface area contributed by atoms with Crippen LogP contribution in [-0.2, 0) is 9.59 Å². The molecule has 0 radical (unpaired) electrons. The number of anilines is 1. The lowest BCUT2D eigenvalue weighted by molar-refractivity contribution is -0.140. The predicted molar refractivity (Wildman–Crippen MR) is 91.8 cm³/mol. The Kier molecular flexibility index (Phi) is 5.16. The summed E-state index contributed by atoms with van der Waals surface area (Å²) in [5.74, 6) is -0.327. The van der Waals surface area contributed by atoms with E-state index in [2.05, 4.69) is 34.9 Å². The summed E-state index contributed by atoms with van der Waals surface area (Å²) in [6.45, 7) is 6.31. The number of nitrogens with zero attached hydrogens (tertiary/aromatic N) is 3. The summed E-state index contributed by atoms with van der Waals surface area (Å²) in [4.78, 5) is 29.0. The van der Waals surface area contributed by atoms with Gasteiger partial charge in [-0.2, -0.15) is 0 Å². The van der Waals surface area contributed by atoms with Gasteiger partial charge in [0.05, 0.1) is 12.6 Å². The molecule has 0 aromatic heterocycles. The number of aliphatic hydroxyl groups excluding tert-OH is 1. The number of carbonyl (C=O) groups is 2. The lowest BCUT2D eigenvalue weighted by Gasteiger charge is -2.37. The third-order valence-electron chi connectivity index (χ3n) is 4.85. The second kappa shape index (κ2) is 7.32. The van der Waals surface area contributed by atoms with E-state index < -0.39 is 6.10 Å². The predicted octanol–water partition coefficient (Wildman–Crippen LogP) is 0.627. The van der Waals surface area contributed by atoms with Crippen LogP contribution in [0, 0.1) is 6.92 Å². The van der Waals surface area contributed by atoms with Crippen LogP contribution in [0.15, 0.2) is 24.3 Å². The molecular weight excluding hydrogens is 306 g/mol. The zero-order chi connectivity index (χ0) is 17.1. The number of hydrogen-bond donors (Lipinski definition) is 1. The van der Waals surface area contributed by atoms with Gasteiger partial charge in [-0.3, -0.25) is 19.4 Å². The Morgan fingerprint density at radius 1 is 1.00 bits per heavy atom. The second-order valence-corrected chi connectivity index (χ2v) is 6.63. The molecule has 1 aromatic carbocycles. The summed E-state index contributed by atoms with van der Waals surface area (Å²) in [6.07, 6.45) is -0.123. The first-order valence-corrected chi connectivity index (χ1v) is 8.59. The van der Waals surface area contributed by atoms with E-state index in [0.717, 1.165) is 26.2 Å². The molecule has 0 spiro atoms. The van der Waals surface area contributed by atoms with E-state index in [0.29, 0.717) is 6.54 Å². The molecule has 0 aliphatic carbocycles. The Balaban J connectivity index is 1.48. The summed E-state index contributed by atoms with van der Waals surface area (Å²) < 4.78 is 0. The van der Waals surface area contributed by atoms with Crippen LogP contribution in [0.5, 0.6) is 0 Å². The number of para-hydroxylation sites is 1. The molecule has 2 aliphatic rings. The summed E-state index contributed by atoms with van der Waals surface area (Å²) in [6, 6.07) is 8.37. The molecule has 0 bridgehead atoms. The first-order valence-electron chi connectivity index (χ1n) is 8.59. The van der Waals surface area contributed by atoms with Crippen molar-refractivity contribution in [2.24, 2.45) is 0 Å². The molecule has 2 saturated heterocycles. The molecule has 2 heterocycles. The highest BCUT2D eigenvalue weighted by molar-refractivity contribution is 6.01. The maximum Gasteiger partial charge on any atom is 0.229 e. The van der Waals surface area contributed by atoms with Gasteiger partial charge >= 0.3 is 0 Å². The van der Waals surface area contributed by atoms with E-state index in [4.69, 9.17) is 0 Å². The first kappa shape index (κ1) is 16.9. The normalized spacial score (nSPS) is 20.8. The van der Waals surface area contributed by atoms with E-state index >= 15 is 0 Å². The molecular formula is C18H25N3O3. The molecule has 6 nitrogen and oxygen atoms in total. The highest BCUT2D eigenvalue weighted by atomic mass is 16.3. The van der Waals surface area contributed by atoms with E-state index in [1.165, 1.54) is 16.2 Å². The lowest BCUT2D eigenvalue weighted by atomic mass is 10.1. The maximum atomic E-state index is 11.6. The third-order valence-corrected chi connectivity index (χ3v) is 4.85. The van der Waals surface area contributed by atoms with Crippen LogP contribution in [0.4, 0.5) is 5.69 Å². The van der Waals surface area contributed by atoms with Gasteiger partial charge in [0.1, 0.15) is 0 Å². The van der Waals surface area contributed by atoms with Gasteiger partial charge in [0.15, 0.2) is 0 Å². The number of hydrogen-bond acceptors (Lipinski definition) is 5. The molecule has 1 aromatic rings. The Morgan fingerprint density at radius 2 is 1.62 bits per heavy atom. The number of amides is 2. The van der Waals surface area contributed by atoms with E-state index in [1.54, 1.807) is 0 Å². The number of β-amino-alcohol motifs (C(OH)–C–C–N with tert-alkyl or cyclic N) is 1. The monoisotopic (exact) mass is 331 g/mol. The maximum absolute atomic E-state index is 11.6. The molecule has 1 unspecified atom stereocenters. The van der Waals surface area contributed by atoms with Gasteiger partial charge in [-0.1, -0.05) is 18.2 Å². The SMILES string of the molecule is Cc1ccccc1N1CCN(CC(O)CN2C(=O)CCC2=O)CC1. The fraction of sp³-hybridized carbons (Fsp3) is 0.556. The third kappa shape index (κ3) is 3.76. The van der Waals surface area contributed by atoms with E-state index in [1.807, 2.05) is 6.07 Å². The molecule has 1 N–H and O–H groups in total. The Hall–Kier alpha value is -1.92. The number of carbonyl (C=O) groups excluding carboxylic acids is 2. The first-order chi connectivity index (χ1) is 11.5. The van der Waals surface area contributed by atoms with Crippen molar-refractivity contribution in [2.45, 2.75) is 25.9 Å². The fourth-order valence-electron chi connectivity index (χ4n) is 3.48. The largest absolute Gasteiger partial charge is 0.390 e. The minimum Gasteiger partial charge on any atom is -0.390 e. The number of aliphatic hydroxyl groups is 1. The molecule has 1 atom stereocenters. The summed E-state index contributed by atoms with van der Waals surface area (Å²) >= 11 is 0. The zero-order valence-electron chi connectivity index (χ0n) is 14.1. The molecule has 0 saturated carbocycles. The van der Waals surface area contributed by atoms with Crippen LogP contribution in [0.1, 0.15) is 18.4 Å². The van der Waals surface area contributed by atoms with Crippen LogP contribution in [0.3, 0.4) is 0 Å². The second-order valence-electron chi connectivity index (χ2n) is 6.63. The number of piperazine rings is 1. The Morgan fingerprint density at radius 3 is 2.25 bits per heavy atom. The van der Waals surface area contributed by atoms with Gasteiger partial charge in [0.2, 0.25) is 11.8 Å². The van der Waals surface area contributed by atoms with E-state index in [9.17, 15) is 14.7 Å². The highest BCUT2D eigenvalue weighted by Gasteiger charge is 2.31. The quantitative estimate of drug-likeness (QED) is 0.802. The average Bonchev–Trinajstić information content (AvgIpc) is 2.88. The van der Waals surface area contributed by atoms with Crippen molar-refractivity contribution < 1.29 is 14.7 Å². The van der Waals surface area contributed by atoms with Gasteiger partial charge in [-0.05, 0) is 18.6 Å². The summed E-state index contributed by atoms with van der Waals surface area (Å²) in [5, 5.41) is 10.2. The van der Waals surface area contributed by atoms with Crippen LogP contribution < -0.4 is 4.90 Å². The number of benzene rings is 1. The van der Waals surface area contributed by atoms with Crippen molar-refractivity contribution in [2.75, 3.05) is 44.2 Å². The van der Waals surface area contributed by atoms with Crippen LogP contribution in [0.25, 0.3) is 0 Å². The standard InChI is InChI=1S/C18H25N3O3/c1-14-4-2-3-5-16(14)20-10-8-19(9-11-20)12-15(22)13-21-17(23)6-7-18(21)24/h2-5,15,22H,6-13H2,1H3. The molecule has 3 rings (SSSR count). The minimum absolute atomic E-state index is 0.121. The van der Waals surface area contributed by atoms with Gasteiger partial charge < -0.3 is 10.0 Å². The van der Waals surface area contributed by atoms with E-state index in [-0.39, 0.29) is 31.2 Å². The number of rotatable bonds is 5. The highest BCUT2D eigenvalue weighted by Crippen LogP contribution is 2.21. The zero-order valence-corrected chi connectivity index (χ0v) is 14.1. The Bertz CT molecular complexity index is 595. The molecule has 6 heteroatoms. The fourth-order valence-corrected chi connectivity index (χ4v) is 3.48. The number of aryl methyl sites for hydroxylation is 1. The average molecular weight is 331 g/mol. The molecule has 24 heavy (non-hydrogen) atoms. The molecule has 2 fully saturated rings. The van der Waals surface area contributed by atoms with Crippen molar-refractivity contribution in [1.29, 1.82) is 0 Å². The smallest absolute Gasteiger partial charge is 0.229 e. The Labute approximate surface area is 142 Å². The van der Waals surface area contributed by atoms with Crippen LogP contribution in [-0.4, -0.2) is 72.1 Å². The van der Waals surface area contributed by atoms with Gasteiger partial charge in [-0.25, -0.2) is 0 Å². The van der Waals surface area contributed by atoms with Crippen molar-refractivity contribution in [1.82, 2.24) is 9.80 Å². The van der Waals surface area contributed by atoms with Crippen molar-refractivity contribution >= 4 is 17.5 Å². The topological polar surface area (TPSA) is 64.1 Å². The molecule has 2 amide bonds. The van der Waals surface area contributed by atoms with Gasteiger partial charge in [0, 0.05) is 51.3 Å². The minimum atomic E-state index is -0.680. The van der Waals surface area contributed by atoms with Crippen molar-refractivity contribution in [3.63, 3.8) is 0 Å². The van der Waals surface area contributed by atoms with Gasteiger partial charge in [0.25, 0.3) is 0 Å². The number of imide groups is 1. The molecule has 130 valence electrons. The van der Waals surface area contributed by atoms with Gasteiger partial charge in [-0.15, -0.1) is 0 Å². The van der Waals surface area contributed by atoms with Crippen LogP contribution in [0.2, 0.25) is 0 Å². The summed E-state index contributed by atoms with van der Waals surface area (Å²) in [7, 11) is 0. The molecule has 2 aliphatic heterocycles.